The third-order valence-electron chi connectivity index (χ3n) is 5.43. The van der Waals surface area contributed by atoms with Crippen LogP contribution >= 0.6 is 0 Å². The molecule has 0 aliphatic carbocycles. The van der Waals surface area contributed by atoms with Gasteiger partial charge in [0.05, 0.1) is 12.8 Å². The number of fused-ring (bicyclic) bond motifs is 1. The molecule has 3 amide bonds. The quantitative estimate of drug-likeness (QED) is 0.472. The molecule has 0 aromatic heterocycles. The Kier molecular flexibility index (Phi) is 5.96. The van der Waals surface area contributed by atoms with E-state index in [1.807, 2.05) is 30.3 Å². The van der Waals surface area contributed by atoms with Crippen LogP contribution in [0.2, 0.25) is 0 Å². The molecule has 3 aromatic rings. The third kappa shape index (κ3) is 5.09. The van der Waals surface area contributed by atoms with Gasteiger partial charge in [0, 0.05) is 17.8 Å². The molecular weight excluding hydrogens is 418 g/mol. The van der Waals surface area contributed by atoms with E-state index < -0.39 is 0 Å². The van der Waals surface area contributed by atoms with Crippen molar-refractivity contribution in [3.8, 4) is 17.2 Å². The first kappa shape index (κ1) is 22.2. The van der Waals surface area contributed by atoms with E-state index in [-0.39, 0.29) is 17.4 Å². The molecule has 3 aromatic carbocycles. The molecule has 33 heavy (non-hydrogen) atoms. The lowest BCUT2D eigenvalue weighted by molar-refractivity contribution is 0.0965. The molecule has 0 spiro atoms. The molecule has 1 aliphatic heterocycles. The van der Waals surface area contributed by atoms with E-state index in [9.17, 15) is 9.59 Å². The van der Waals surface area contributed by atoms with Crippen LogP contribution in [0.15, 0.2) is 60.7 Å². The molecular formula is C26H27N3O4. The van der Waals surface area contributed by atoms with Gasteiger partial charge < -0.3 is 25.4 Å². The Morgan fingerprint density at radius 1 is 0.939 bits per heavy atom. The van der Waals surface area contributed by atoms with Gasteiger partial charge in [0.1, 0.15) is 17.2 Å². The molecule has 7 heteroatoms. The minimum atomic E-state index is -0.377. The van der Waals surface area contributed by atoms with Gasteiger partial charge in [0.15, 0.2) is 0 Å². The predicted molar refractivity (Wildman–Crippen MR) is 128 cm³/mol. The SMILES string of the molecule is COc1ccc(C(C)(C)C)cc1NC(=O)Nc1ccc(Oc2ccc3c(c2)C(=O)NC3)cc1. The lowest BCUT2D eigenvalue weighted by atomic mass is 9.87. The van der Waals surface area contributed by atoms with E-state index in [1.165, 1.54) is 0 Å². The molecule has 0 atom stereocenters. The normalized spacial score (nSPS) is 12.5. The first-order chi connectivity index (χ1) is 15.7. The minimum Gasteiger partial charge on any atom is -0.495 e. The number of hydrogen-bond donors (Lipinski definition) is 3. The summed E-state index contributed by atoms with van der Waals surface area (Å²) >= 11 is 0. The molecule has 4 rings (SSSR count). The largest absolute Gasteiger partial charge is 0.495 e. The van der Waals surface area contributed by atoms with Crippen molar-refractivity contribution in [3.63, 3.8) is 0 Å². The fraction of sp³-hybridized carbons (Fsp3) is 0.231. The van der Waals surface area contributed by atoms with E-state index in [1.54, 1.807) is 37.4 Å². The van der Waals surface area contributed by atoms with Crippen LogP contribution in [0.5, 0.6) is 17.2 Å². The van der Waals surface area contributed by atoms with Crippen molar-refractivity contribution in [1.82, 2.24) is 5.32 Å². The van der Waals surface area contributed by atoms with E-state index in [0.717, 1.165) is 11.1 Å². The molecule has 1 aliphatic rings. The highest BCUT2D eigenvalue weighted by atomic mass is 16.5. The Balaban J connectivity index is 1.41. The monoisotopic (exact) mass is 445 g/mol. The van der Waals surface area contributed by atoms with Crippen LogP contribution in [0, 0.1) is 0 Å². The van der Waals surface area contributed by atoms with Crippen molar-refractivity contribution in [2.24, 2.45) is 0 Å². The number of benzene rings is 3. The fourth-order valence-electron chi connectivity index (χ4n) is 3.55. The molecule has 7 nitrogen and oxygen atoms in total. The zero-order valence-electron chi connectivity index (χ0n) is 19.1. The Morgan fingerprint density at radius 3 is 2.36 bits per heavy atom. The molecule has 1 heterocycles. The number of anilines is 2. The second kappa shape index (κ2) is 8.86. The highest BCUT2D eigenvalue weighted by Gasteiger charge is 2.19. The van der Waals surface area contributed by atoms with Crippen LogP contribution in [0.3, 0.4) is 0 Å². The number of hydrogen-bond acceptors (Lipinski definition) is 4. The fourth-order valence-corrected chi connectivity index (χ4v) is 3.55. The number of urea groups is 1. The molecule has 0 radical (unpaired) electrons. The Bertz CT molecular complexity index is 1200. The molecule has 0 saturated carbocycles. The maximum atomic E-state index is 12.6. The molecule has 3 N–H and O–H groups in total. The predicted octanol–water partition coefficient (Wildman–Crippen LogP) is 5.67. The number of amides is 3. The van der Waals surface area contributed by atoms with E-state index in [4.69, 9.17) is 9.47 Å². The van der Waals surface area contributed by atoms with Crippen molar-refractivity contribution in [1.29, 1.82) is 0 Å². The van der Waals surface area contributed by atoms with Gasteiger partial charge in [-0.2, -0.15) is 0 Å². The van der Waals surface area contributed by atoms with Gasteiger partial charge in [0.25, 0.3) is 5.91 Å². The summed E-state index contributed by atoms with van der Waals surface area (Å²) in [6.45, 7) is 6.88. The average Bonchev–Trinajstić information content (AvgIpc) is 3.14. The van der Waals surface area contributed by atoms with Crippen LogP contribution in [0.1, 0.15) is 42.3 Å². The lowest BCUT2D eigenvalue weighted by Gasteiger charge is -2.21. The van der Waals surface area contributed by atoms with Crippen LogP contribution in [0.25, 0.3) is 0 Å². The van der Waals surface area contributed by atoms with Crippen LogP contribution in [-0.2, 0) is 12.0 Å². The Hall–Kier alpha value is -4.00. The van der Waals surface area contributed by atoms with Gasteiger partial charge in [-0.05, 0) is 65.1 Å². The molecule has 0 unspecified atom stereocenters. The van der Waals surface area contributed by atoms with Crippen LogP contribution < -0.4 is 25.4 Å². The summed E-state index contributed by atoms with van der Waals surface area (Å²) < 4.78 is 11.2. The average molecular weight is 446 g/mol. The standard InChI is InChI=1S/C26H27N3O4/c1-26(2,3)17-6-12-23(32-4)22(13-17)29-25(31)28-18-7-10-19(11-8-18)33-20-9-5-16-15-27-24(30)21(16)14-20/h5-14H,15H2,1-4H3,(H,27,30)(H2,28,29,31). The van der Waals surface area contributed by atoms with E-state index in [0.29, 0.717) is 40.7 Å². The second-order valence-corrected chi connectivity index (χ2v) is 8.87. The molecule has 0 fully saturated rings. The van der Waals surface area contributed by atoms with Gasteiger partial charge >= 0.3 is 6.03 Å². The number of nitrogens with one attached hydrogen (secondary N) is 3. The molecule has 0 bridgehead atoms. The Morgan fingerprint density at radius 2 is 1.67 bits per heavy atom. The summed E-state index contributed by atoms with van der Waals surface area (Å²) in [7, 11) is 1.57. The summed E-state index contributed by atoms with van der Waals surface area (Å²) in [5.74, 6) is 1.67. The van der Waals surface area contributed by atoms with Gasteiger partial charge in [0.2, 0.25) is 0 Å². The van der Waals surface area contributed by atoms with Crippen LogP contribution in [0.4, 0.5) is 16.2 Å². The molecule has 170 valence electrons. The Labute approximate surface area is 193 Å². The maximum Gasteiger partial charge on any atom is 0.323 e. The van der Waals surface area contributed by atoms with Gasteiger partial charge in [-0.3, -0.25) is 4.79 Å². The smallest absolute Gasteiger partial charge is 0.323 e. The zero-order valence-corrected chi connectivity index (χ0v) is 19.1. The van der Waals surface area contributed by atoms with Gasteiger partial charge in [-0.1, -0.05) is 32.9 Å². The number of carbonyl (C=O) groups is 2. The third-order valence-corrected chi connectivity index (χ3v) is 5.43. The number of ether oxygens (including phenoxy) is 2. The van der Waals surface area contributed by atoms with Crippen molar-refractivity contribution in [2.45, 2.75) is 32.7 Å². The maximum absolute atomic E-state index is 12.6. The number of carbonyl (C=O) groups excluding carboxylic acids is 2. The summed E-state index contributed by atoms with van der Waals surface area (Å²) in [6, 6.07) is 17.8. The zero-order chi connectivity index (χ0) is 23.6. The van der Waals surface area contributed by atoms with Crippen LogP contribution in [-0.4, -0.2) is 19.0 Å². The topological polar surface area (TPSA) is 88.7 Å². The van der Waals surface area contributed by atoms with Crippen molar-refractivity contribution >= 4 is 23.3 Å². The first-order valence-electron chi connectivity index (χ1n) is 10.7. The van der Waals surface area contributed by atoms with Crippen molar-refractivity contribution in [3.05, 3.63) is 77.4 Å². The first-order valence-corrected chi connectivity index (χ1v) is 10.7. The summed E-state index contributed by atoms with van der Waals surface area (Å²) in [5, 5.41) is 8.47. The summed E-state index contributed by atoms with van der Waals surface area (Å²) in [4.78, 5) is 24.4. The lowest BCUT2D eigenvalue weighted by Crippen LogP contribution is -2.20. The minimum absolute atomic E-state index is 0.0579. The summed E-state index contributed by atoms with van der Waals surface area (Å²) in [6.07, 6.45) is 0. The van der Waals surface area contributed by atoms with E-state index >= 15 is 0 Å². The second-order valence-electron chi connectivity index (χ2n) is 8.87. The highest BCUT2D eigenvalue weighted by molar-refractivity contribution is 6.01. The van der Waals surface area contributed by atoms with Crippen molar-refractivity contribution in [2.75, 3.05) is 17.7 Å². The highest BCUT2D eigenvalue weighted by Crippen LogP contribution is 2.32. The number of methoxy groups -OCH3 is 1. The molecule has 0 saturated heterocycles. The van der Waals surface area contributed by atoms with Gasteiger partial charge in [-0.25, -0.2) is 4.79 Å². The van der Waals surface area contributed by atoms with E-state index in [2.05, 4.69) is 36.7 Å². The number of rotatable bonds is 5. The summed E-state index contributed by atoms with van der Waals surface area (Å²) in [5.41, 5.74) is 3.83. The van der Waals surface area contributed by atoms with Gasteiger partial charge in [-0.15, -0.1) is 0 Å². The van der Waals surface area contributed by atoms with Crippen molar-refractivity contribution < 1.29 is 19.1 Å².